The van der Waals surface area contributed by atoms with Crippen LogP contribution < -0.4 is 5.32 Å². The molecule has 1 fully saturated rings. The maximum atomic E-state index is 12.6. The molecule has 0 radical (unpaired) electrons. The first-order valence-electron chi connectivity index (χ1n) is 5.21. The van der Waals surface area contributed by atoms with E-state index in [-0.39, 0.29) is 11.8 Å². The molecule has 0 aliphatic heterocycles. The maximum Gasteiger partial charge on any atom is 0.229 e. The van der Waals surface area contributed by atoms with Gasteiger partial charge in [-0.25, -0.2) is 4.39 Å². The normalized spacial score (nSPS) is 22.9. The Hall–Kier alpha value is -0.950. The van der Waals surface area contributed by atoms with Gasteiger partial charge in [0, 0.05) is 11.7 Å². The standard InChI is InChI=1S/C10H12FN3OS2/c1-2-3-16-10-14-13-9(17-10)12-8(15)6-4-7(11)5-6/h2,6-7H,1,3-5H2,(H,12,13,15). The predicted octanol–water partition coefficient (Wildman–Crippen LogP) is 2.50. The molecule has 1 aromatic heterocycles. The molecule has 0 spiro atoms. The van der Waals surface area contributed by atoms with Gasteiger partial charge in [0.1, 0.15) is 6.17 Å². The third-order valence-electron chi connectivity index (χ3n) is 2.41. The molecule has 0 atom stereocenters. The second-order valence-corrected chi connectivity index (χ2v) is 5.97. The van der Waals surface area contributed by atoms with Gasteiger partial charge in [-0.15, -0.1) is 16.8 Å². The van der Waals surface area contributed by atoms with Gasteiger partial charge >= 0.3 is 0 Å². The van der Waals surface area contributed by atoms with Gasteiger partial charge in [-0.3, -0.25) is 4.79 Å². The highest BCUT2D eigenvalue weighted by molar-refractivity contribution is 8.01. The number of halogens is 1. The van der Waals surface area contributed by atoms with Crippen LogP contribution in [0.4, 0.5) is 9.52 Å². The zero-order valence-corrected chi connectivity index (χ0v) is 10.7. The number of amides is 1. The van der Waals surface area contributed by atoms with E-state index in [2.05, 4.69) is 22.1 Å². The van der Waals surface area contributed by atoms with E-state index >= 15 is 0 Å². The Balaban J connectivity index is 1.84. The Kier molecular flexibility index (Phi) is 4.11. The monoisotopic (exact) mass is 273 g/mol. The van der Waals surface area contributed by atoms with E-state index in [0.29, 0.717) is 18.0 Å². The molecule has 1 aromatic rings. The minimum Gasteiger partial charge on any atom is -0.300 e. The zero-order valence-electron chi connectivity index (χ0n) is 9.06. The fraction of sp³-hybridized carbons (Fsp3) is 0.500. The number of hydrogen-bond acceptors (Lipinski definition) is 5. The first kappa shape index (κ1) is 12.5. The summed E-state index contributed by atoms with van der Waals surface area (Å²) in [5.41, 5.74) is 0. The van der Waals surface area contributed by atoms with Crippen LogP contribution >= 0.6 is 23.1 Å². The number of rotatable bonds is 5. The number of nitrogens with one attached hydrogen (secondary N) is 1. The molecule has 0 aromatic carbocycles. The Morgan fingerprint density at radius 3 is 3.06 bits per heavy atom. The summed E-state index contributed by atoms with van der Waals surface area (Å²) in [6.45, 7) is 3.61. The fourth-order valence-corrected chi connectivity index (χ4v) is 2.93. The van der Waals surface area contributed by atoms with Crippen molar-refractivity contribution in [2.24, 2.45) is 5.92 Å². The lowest BCUT2D eigenvalue weighted by atomic mass is 9.83. The fourth-order valence-electron chi connectivity index (χ4n) is 1.42. The van der Waals surface area contributed by atoms with Gasteiger partial charge in [0.25, 0.3) is 0 Å². The number of hydrogen-bond donors (Lipinski definition) is 1. The quantitative estimate of drug-likeness (QED) is 0.509. The van der Waals surface area contributed by atoms with Crippen molar-refractivity contribution >= 4 is 34.1 Å². The Morgan fingerprint density at radius 1 is 1.65 bits per heavy atom. The number of aromatic nitrogens is 2. The average Bonchev–Trinajstić information content (AvgIpc) is 2.69. The van der Waals surface area contributed by atoms with E-state index in [0.717, 1.165) is 10.1 Å². The van der Waals surface area contributed by atoms with Crippen LogP contribution in [-0.4, -0.2) is 28.0 Å². The highest BCUT2D eigenvalue weighted by atomic mass is 32.2. The first-order chi connectivity index (χ1) is 8.19. The Morgan fingerprint density at radius 2 is 2.41 bits per heavy atom. The van der Waals surface area contributed by atoms with Crippen molar-refractivity contribution in [3.05, 3.63) is 12.7 Å². The van der Waals surface area contributed by atoms with E-state index in [1.165, 1.54) is 23.1 Å². The highest BCUT2D eigenvalue weighted by Crippen LogP contribution is 2.32. The largest absolute Gasteiger partial charge is 0.300 e. The van der Waals surface area contributed by atoms with Crippen molar-refractivity contribution in [3.63, 3.8) is 0 Å². The van der Waals surface area contributed by atoms with Gasteiger partial charge in [-0.1, -0.05) is 29.2 Å². The minimum atomic E-state index is -0.820. The molecule has 17 heavy (non-hydrogen) atoms. The summed E-state index contributed by atoms with van der Waals surface area (Å²) in [4.78, 5) is 11.6. The third kappa shape index (κ3) is 3.26. The third-order valence-corrected chi connectivity index (χ3v) is 4.38. The van der Waals surface area contributed by atoms with Gasteiger partial charge in [0.2, 0.25) is 11.0 Å². The summed E-state index contributed by atoms with van der Waals surface area (Å²) in [7, 11) is 0. The van der Waals surface area contributed by atoms with Gasteiger partial charge in [-0.05, 0) is 12.8 Å². The summed E-state index contributed by atoms with van der Waals surface area (Å²) >= 11 is 2.83. The molecular formula is C10H12FN3OS2. The molecule has 92 valence electrons. The van der Waals surface area contributed by atoms with E-state index < -0.39 is 6.17 Å². The van der Waals surface area contributed by atoms with Crippen molar-refractivity contribution in [1.82, 2.24) is 10.2 Å². The SMILES string of the molecule is C=CCSc1nnc(NC(=O)C2CC(F)C2)s1. The lowest BCUT2D eigenvalue weighted by Gasteiger charge is -2.27. The van der Waals surface area contributed by atoms with Crippen molar-refractivity contribution in [2.75, 3.05) is 11.1 Å². The number of anilines is 1. The molecule has 2 rings (SSSR count). The molecule has 1 amide bonds. The molecule has 0 bridgehead atoms. The van der Waals surface area contributed by atoms with Gasteiger partial charge in [-0.2, -0.15) is 0 Å². The van der Waals surface area contributed by atoms with Crippen LogP contribution in [0.2, 0.25) is 0 Å². The molecule has 1 aliphatic carbocycles. The molecular weight excluding hydrogens is 261 g/mol. The van der Waals surface area contributed by atoms with Crippen LogP contribution in [0.15, 0.2) is 17.0 Å². The Labute approximate surface area is 107 Å². The van der Waals surface area contributed by atoms with Crippen LogP contribution in [0.1, 0.15) is 12.8 Å². The van der Waals surface area contributed by atoms with Crippen molar-refractivity contribution < 1.29 is 9.18 Å². The molecule has 0 unspecified atom stereocenters. The summed E-state index contributed by atoms with van der Waals surface area (Å²) in [6.07, 6.45) is 1.60. The van der Waals surface area contributed by atoms with E-state index in [4.69, 9.17) is 0 Å². The smallest absolute Gasteiger partial charge is 0.229 e. The van der Waals surface area contributed by atoms with Crippen LogP contribution in [0.25, 0.3) is 0 Å². The Bertz CT molecular complexity index is 417. The molecule has 7 heteroatoms. The van der Waals surface area contributed by atoms with E-state index in [1.54, 1.807) is 6.08 Å². The second kappa shape index (κ2) is 5.59. The van der Waals surface area contributed by atoms with Crippen LogP contribution in [0.5, 0.6) is 0 Å². The lowest BCUT2D eigenvalue weighted by molar-refractivity contribution is -0.124. The highest BCUT2D eigenvalue weighted by Gasteiger charge is 2.34. The molecule has 4 nitrogen and oxygen atoms in total. The summed E-state index contributed by atoms with van der Waals surface area (Å²) in [6, 6.07) is 0. The van der Waals surface area contributed by atoms with Crippen LogP contribution in [0.3, 0.4) is 0 Å². The van der Waals surface area contributed by atoms with E-state index in [1.807, 2.05) is 0 Å². The summed E-state index contributed by atoms with van der Waals surface area (Å²) in [5.74, 6) is 0.392. The average molecular weight is 273 g/mol. The molecule has 0 saturated heterocycles. The minimum absolute atomic E-state index is 0.157. The van der Waals surface area contributed by atoms with E-state index in [9.17, 15) is 9.18 Å². The molecule has 1 heterocycles. The van der Waals surface area contributed by atoms with Crippen molar-refractivity contribution in [3.8, 4) is 0 Å². The number of nitrogens with zero attached hydrogens (tertiary/aromatic N) is 2. The number of carbonyl (C=O) groups excluding carboxylic acids is 1. The number of carbonyl (C=O) groups is 1. The van der Waals surface area contributed by atoms with Crippen LogP contribution in [-0.2, 0) is 4.79 Å². The van der Waals surface area contributed by atoms with Crippen LogP contribution in [0, 0.1) is 5.92 Å². The van der Waals surface area contributed by atoms with Crippen molar-refractivity contribution in [1.29, 1.82) is 0 Å². The lowest BCUT2D eigenvalue weighted by Crippen LogP contribution is -2.35. The zero-order chi connectivity index (χ0) is 12.3. The topological polar surface area (TPSA) is 54.9 Å². The molecule has 1 N–H and O–H groups in total. The molecule has 1 saturated carbocycles. The number of thioether (sulfide) groups is 1. The maximum absolute atomic E-state index is 12.6. The summed E-state index contributed by atoms with van der Waals surface area (Å²) in [5, 5.41) is 10.9. The van der Waals surface area contributed by atoms with Gasteiger partial charge in [0.15, 0.2) is 4.34 Å². The van der Waals surface area contributed by atoms with Gasteiger partial charge < -0.3 is 5.32 Å². The number of alkyl halides is 1. The van der Waals surface area contributed by atoms with Crippen molar-refractivity contribution in [2.45, 2.75) is 23.4 Å². The molecule has 1 aliphatic rings. The predicted molar refractivity (Wildman–Crippen MR) is 67.1 cm³/mol. The summed E-state index contributed by atoms with van der Waals surface area (Å²) < 4.78 is 13.4. The second-order valence-electron chi connectivity index (χ2n) is 3.73. The van der Waals surface area contributed by atoms with Gasteiger partial charge in [0.05, 0.1) is 0 Å². The first-order valence-corrected chi connectivity index (χ1v) is 7.01.